The molecule has 0 fully saturated rings. The van der Waals surface area contributed by atoms with Crippen LogP contribution in [0.1, 0.15) is 35.6 Å². The monoisotopic (exact) mass is 669 g/mol. The van der Waals surface area contributed by atoms with Crippen molar-refractivity contribution in [3.63, 3.8) is 0 Å². The third-order valence-corrected chi connectivity index (χ3v) is 9.35. The molecule has 0 saturated heterocycles. The van der Waals surface area contributed by atoms with Crippen molar-refractivity contribution in [3.05, 3.63) is 135 Å². The molecule has 4 aromatic carbocycles. The predicted octanol–water partition coefficient (Wildman–Crippen LogP) is 6.32. The number of aryl methyl sites for hydroxylation is 1. The number of amides is 2. The normalized spacial score (nSPS) is 12.0. The number of halogens is 3. The van der Waals surface area contributed by atoms with Crippen molar-refractivity contribution in [1.29, 1.82) is 0 Å². The van der Waals surface area contributed by atoms with Crippen LogP contribution in [-0.4, -0.2) is 37.7 Å². The molecule has 2 amide bonds. The van der Waals surface area contributed by atoms with Gasteiger partial charge in [0.1, 0.15) is 11.9 Å². The van der Waals surface area contributed by atoms with Gasteiger partial charge in [0.15, 0.2) is 0 Å². The van der Waals surface area contributed by atoms with Gasteiger partial charge in [-0.3, -0.25) is 9.59 Å². The van der Waals surface area contributed by atoms with Crippen molar-refractivity contribution >= 4 is 45.0 Å². The van der Waals surface area contributed by atoms with E-state index in [0.717, 1.165) is 11.1 Å². The zero-order chi connectivity index (χ0) is 32.4. The van der Waals surface area contributed by atoms with E-state index < -0.39 is 21.9 Å². The molecular weight excluding hydrogens is 636 g/mol. The lowest BCUT2D eigenvalue weighted by molar-refractivity contribution is -0.141. The summed E-state index contributed by atoms with van der Waals surface area (Å²) in [5, 5.41) is 3.81. The Morgan fingerprint density at radius 3 is 2.18 bits per heavy atom. The van der Waals surface area contributed by atoms with Crippen LogP contribution < -0.4 is 10.0 Å². The first-order valence-electron chi connectivity index (χ1n) is 14.4. The fourth-order valence-electron chi connectivity index (χ4n) is 4.81. The van der Waals surface area contributed by atoms with Crippen LogP contribution in [-0.2, 0) is 45.5 Å². The Bertz CT molecular complexity index is 1700. The first-order chi connectivity index (χ1) is 21.6. The Labute approximate surface area is 273 Å². The minimum absolute atomic E-state index is 0.0576. The van der Waals surface area contributed by atoms with E-state index in [1.165, 1.54) is 29.2 Å². The van der Waals surface area contributed by atoms with Gasteiger partial charge in [0.2, 0.25) is 21.8 Å². The van der Waals surface area contributed by atoms with Gasteiger partial charge in [-0.25, -0.2) is 17.5 Å². The van der Waals surface area contributed by atoms with Crippen molar-refractivity contribution in [2.24, 2.45) is 0 Å². The summed E-state index contributed by atoms with van der Waals surface area (Å²) in [5.74, 6) is -1.07. The van der Waals surface area contributed by atoms with E-state index in [1.807, 2.05) is 30.3 Å². The van der Waals surface area contributed by atoms with Crippen molar-refractivity contribution in [1.82, 2.24) is 14.9 Å². The minimum atomic E-state index is -3.60. The largest absolute Gasteiger partial charge is 0.350 e. The third kappa shape index (κ3) is 9.86. The van der Waals surface area contributed by atoms with Crippen LogP contribution in [0, 0.1) is 5.82 Å². The Hall–Kier alpha value is -3.76. The molecule has 1 unspecified atom stereocenters. The molecule has 0 aliphatic heterocycles. The first-order valence-corrected chi connectivity index (χ1v) is 16.7. The molecule has 0 radical (unpaired) electrons. The maximum atomic E-state index is 13.9. The summed E-state index contributed by atoms with van der Waals surface area (Å²) in [6, 6.07) is 25.6. The molecule has 0 aromatic heterocycles. The van der Waals surface area contributed by atoms with Gasteiger partial charge in [0, 0.05) is 42.5 Å². The molecule has 0 heterocycles. The van der Waals surface area contributed by atoms with Crippen molar-refractivity contribution < 1.29 is 22.4 Å². The van der Waals surface area contributed by atoms with Gasteiger partial charge in [-0.05, 0) is 65.1 Å². The van der Waals surface area contributed by atoms with Crippen LogP contribution in [0.15, 0.2) is 102 Å². The Morgan fingerprint density at radius 2 is 1.53 bits per heavy atom. The number of benzene rings is 4. The average molecular weight is 671 g/mol. The number of sulfonamides is 1. The van der Waals surface area contributed by atoms with Crippen LogP contribution >= 0.6 is 23.2 Å². The molecule has 1 atom stereocenters. The van der Waals surface area contributed by atoms with Gasteiger partial charge in [-0.15, -0.1) is 0 Å². The standard InChI is InChI=1S/C34H34Cl2FN3O4S/c1-2-39-45(43,44)30-17-10-24(11-18-30)12-19-33(41)40(23-26-8-15-29(37)16-9-26)32(20-25-6-4-3-5-7-25)34(42)38-22-27-13-14-28(35)21-31(27)36/h3-11,13-18,21,32,39H,2,12,19-20,22-23H2,1H3,(H,38,42). The zero-order valence-electron chi connectivity index (χ0n) is 24.7. The molecule has 2 N–H and O–H groups in total. The second-order valence-corrected chi connectivity index (χ2v) is 13.1. The zero-order valence-corrected chi connectivity index (χ0v) is 27.0. The molecule has 4 rings (SSSR count). The maximum absolute atomic E-state index is 13.9. The predicted molar refractivity (Wildman–Crippen MR) is 175 cm³/mol. The van der Waals surface area contributed by atoms with Gasteiger partial charge < -0.3 is 10.2 Å². The molecule has 0 spiro atoms. The van der Waals surface area contributed by atoms with Gasteiger partial charge in [0.05, 0.1) is 4.90 Å². The molecule has 11 heteroatoms. The van der Waals surface area contributed by atoms with Crippen LogP contribution in [0.25, 0.3) is 0 Å². The fourth-order valence-corrected chi connectivity index (χ4v) is 6.33. The van der Waals surface area contributed by atoms with E-state index in [2.05, 4.69) is 10.0 Å². The number of hydrogen-bond donors (Lipinski definition) is 2. The lowest BCUT2D eigenvalue weighted by atomic mass is 10.0. The fraction of sp³-hybridized carbons (Fsp3) is 0.235. The first kappa shape index (κ1) is 34.1. The topological polar surface area (TPSA) is 95.6 Å². The van der Waals surface area contributed by atoms with E-state index in [1.54, 1.807) is 49.4 Å². The quantitative estimate of drug-likeness (QED) is 0.164. The van der Waals surface area contributed by atoms with E-state index in [-0.39, 0.29) is 49.2 Å². The summed E-state index contributed by atoms with van der Waals surface area (Å²) < 4.78 is 40.8. The highest BCUT2D eigenvalue weighted by Gasteiger charge is 2.30. The molecule has 45 heavy (non-hydrogen) atoms. The molecule has 4 aromatic rings. The highest BCUT2D eigenvalue weighted by Crippen LogP contribution is 2.22. The van der Waals surface area contributed by atoms with Crippen LogP contribution in [0.3, 0.4) is 0 Å². The van der Waals surface area contributed by atoms with Crippen molar-refractivity contribution in [2.45, 2.75) is 50.2 Å². The van der Waals surface area contributed by atoms with Crippen LogP contribution in [0.5, 0.6) is 0 Å². The van der Waals surface area contributed by atoms with Crippen LogP contribution in [0.2, 0.25) is 10.0 Å². The second-order valence-electron chi connectivity index (χ2n) is 10.5. The second kappa shape index (κ2) is 16.0. The summed E-state index contributed by atoms with van der Waals surface area (Å²) in [6.07, 6.45) is 0.618. The Kier molecular flexibility index (Phi) is 12.1. The maximum Gasteiger partial charge on any atom is 0.243 e. The Morgan fingerprint density at radius 1 is 0.867 bits per heavy atom. The molecule has 0 aliphatic rings. The number of rotatable bonds is 14. The molecule has 0 bridgehead atoms. The molecular formula is C34H34Cl2FN3O4S. The lowest BCUT2D eigenvalue weighted by Gasteiger charge is -2.32. The third-order valence-electron chi connectivity index (χ3n) is 7.20. The van der Waals surface area contributed by atoms with Crippen LogP contribution in [0.4, 0.5) is 4.39 Å². The summed E-state index contributed by atoms with van der Waals surface area (Å²) in [7, 11) is -3.60. The van der Waals surface area contributed by atoms with Crippen molar-refractivity contribution in [3.8, 4) is 0 Å². The van der Waals surface area contributed by atoms with E-state index in [0.29, 0.717) is 27.6 Å². The summed E-state index contributed by atoms with van der Waals surface area (Å²) >= 11 is 12.4. The summed E-state index contributed by atoms with van der Waals surface area (Å²) in [5.41, 5.74) is 2.96. The minimum Gasteiger partial charge on any atom is -0.350 e. The smallest absolute Gasteiger partial charge is 0.243 e. The number of carbonyl (C=O) groups excluding carboxylic acids is 2. The number of nitrogens with one attached hydrogen (secondary N) is 2. The SMILES string of the molecule is CCNS(=O)(=O)c1ccc(CCC(=O)N(Cc2ccc(F)cc2)C(Cc2ccccc2)C(=O)NCc2ccc(Cl)cc2Cl)cc1. The van der Waals surface area contributed by atoms with Gasteiger partial charge in [0.25, 0.3) is 0 Å². The average Bonchev–Trinajstić information content (AvgIpc) is 3.02. The molecule has 7 nitrogen and oxygen atoms in total. The lowest BCUT2D eigenvalue weighted by Crippen LogP contribution is -2.50. The van der Waals surface area contributed by atoms with Gasteiger partial charge in [-0.2, -0.15) is 0 Å². The van der Waals surface area contributed by atoms with E-state index in [9.17, 15) is 22.4 Å². The summed E-state index contributed by atoms with van der Waals surface area (Å²) in [6.45, 7) is 2.17. The highest BCUT2D eigenvalue weighted by atomic mass is 35.5. The number of nitrogens with zero attached hydrogens (tertiary/aromatic N) is 1. The van der Waals surface area contributed by atoms with Gasteiger partial charge in [-0.1, -0.05) is 90.8 Å². The number of hydrogen-bond acceptors (Lipinski definition) is 4. The molecule has 0 aliphatic carbocycles. The van der Waals surface area contributed by atoms with Gasteiger partial charge >= 0.3 is 0 Å². The molecule has 0 saturated carbocycles. The molecule has 236 valence electrons. The Balaban J connectivity index is 1.59. The van der Waals surface area contributed by atoms with E-state index in [4.69, 9.17) is 23.2 Å². The number of carbonyl (C=O) groups is 2. The van der Waals surface area contributed by atoms with E-state index >= 15 is 0 Å². The highest BCUT2D eigenvalue weighted by molar-refractivity contribution is 7.89. The van der Waals surface area contributed by atoms with Crippen molar-refractivity contribution in [2.75, 3.05) is 6.54 Å². The summed E-state index contributed by atoms with van der Waals surface area (Å²) in [4.78, 5) is 29.4.